The molecule has 0 spiro atoms. The van der Waals surface area contributed by atoms with Crippen LogP contribution in [-0.4, -0.2) is 49.1 Å². The van der Waals surface area contributed by atoms with Crippen molar-refractivity contribution < 1.29 is 8.42 Å². The quantitative estimate of drug-likeness (QED) is 0.603. The molecule has 0 bridgehead atoms. The molecule has 0 unspecified atom stereocenters. The van der Waals surface area contributed by atoms with Gasteiger partial charge in [-0.2, -0.15) is 4.31 Å². The molecule has 1 aromatic heterocycles. The summed E-state index contributed by atoms with van der Waals surface area (Å²) >= 11 is 11.9. The van der Waals surface area contributed by atoms with Gasteiger partial charge in [0.15, 0.2) is 5.82 Å². The molecule has 3 aromatic rings. The Hall–Kier alpha value is -2.19. The lowest BCUT2D eigenvalue weighted by Gasteiger charge is -2.34. The number of piperazine rings is 1. The van der Waals surface area contributed by atoms with E-state index in [2.05, 4.69) is 10.2 Å². The molecule has 1 saturated heterocycles. The highest BCUT2D eigenvalue weighted by molar-refractivity contribution is 7.89. The van der Waals surface area contributed by atoms with Crippen LogP contribution in [0.1, 0.15) is 0 Å². The van der Waals surface area contributed by atoms with Crippen molar-refractivity contribution in [3.05, 3.63) is 70.7 Å². The molecule has 1 aliphatic rings. The van der Waals surface area contributed by atoms with Crippen LogP contribution in [0.25, 0.3) is 11.3 Å². The van der Waals surface area contributed by atoms with Crippen LogP contribution in [0.4, 0.5) is 5.82 Å². The standard InChI is InChI=1S/C20H18Cl2N4O2S/c21-16-12-17(22)14-18(13-16)29(27,28)26-10-8-25(9-11-26)20-7-6-19(23-24-20)15-4-2-1-3-5-15/h1-7,12-14H,8-11H2. The van der Waals surface area contributed by atoms with Gasteiger partial charge < -0.3 is 4.90 Å². The molecule has 9 heteroatoms. The van der Waals surface area contributed by atoms with Crippen LogP contribution in [0.3, 0.4) is 0 Å². The van der Waals surface area contributed by atoms with E-state index >= 15 is 0 Å². The van der Waals surface area contributed by atoms with Crippen molar-refractivity contribution in [2.24, 2.45) is 0 Å². The summed E-state index contributed by atoms with van der Waals surface area (Å²) < 4.78 is 27.2. The molecular weight excluding hydrogens is 431 g/mol. The molecular formula is C20H18Cl2N4O2S. The van der Waals surface area contributed by atoms with Crippen LogP contribution in [-0.2, 0) is 10.0 Å². The summed E-state index contributed by atoms with van der Waals surface area (Å²) in [4.78, 5) is 2.13. The molecule has 0 atom stereocenters. The van der Waals surface area contributed by atoms with E-state index in [-0.39, 0.29) is 4.90 Å². The van der Waals surface area contributed by atoms with Gasteiger partial charge in [0, 0.05) is 41.8 Å². The van der Waals surface area contributed by atoms with Crippen molar-refractivity contribution in [1.82, 2.24) is 14.5 Å². The number of nitrogens with zero attached hydrogens (tertiary/aromatic N) is 4. The minimum Gasteiger partial charge on any atom is -0.352 e. The molecule has 0 N–H and O–H groups in total. The number of aromatic nitrogens is 2. The van der Waals surface area contributed by atoms with Crippen LogP contribution < -0.4 is 4.90 Å². The highest BCUT2D eigenvalue weighted by Gasteiger charge is 2.29. The second-order valence-electron chi connectivity index (χ2n) is 6.64. The Morgan fingerprint density at radius 1 is 0.793 bits per heavy atom. The predicted octanol–water partition coefficient (Wildman–Crippen LogP) is 3.96. The Labute approximate surface area is 179 Å². The van der Waals surface area contributed by atoms with Crippen molar-refractivity contribution in [3.63, 3.8) is 0 Å². The van der Waals surface area contributed by atoms with Gasteiger partial charge in [0.1, 0.15) is 0 Å². The Morgan fingerprint density at radius 2 is 1.45 bits per heavy atom. The van der Waals surface area contributed by atoms with Crippen molar-refractivity contribution in [1.29, 1.82) is 0 Å². The summed E-state index contributed by atoms with van der Waals surface area (Å²) in [6.07, 6.45) is 0. The Kier molecular flexibility index (Phi) is 5.74. The molecule has 6 nitrogen and oxygen atoms in total. The second-order valence-corrected chi connectivity index (χ2v) is 9.45. The predicted molar refractivity (Wildman–Crippen MR) is 115 cm³/mol. The summed E-state index contributed by atoms with van der Waals surface area (Å²) in [5.74, 6) is 0.729. The fraction of sp³-hybridized carbons (Fsp3) is 0.200. The zero-order chi connectivity index (χ0) is 20.4. The van der Waals surface area contributed by atoms with Gasteiger partial charge in [0.2, 0.25) is 10.0 Å². The second kappa shape index (κ2) is 8.28. The van der Waals surface area contributed by atoms with E-state index in [9.17, 15) is 8.42 Å². The van der Waals surface area contributed by atoms with Crippen LogP contribution in [0.2, 0.25) is 10.0 Å². The zero-order valence-electron chi connectivity index (χ0n) is 15.4. The lowest BCUT2D eigenvalue weighted by atomic mass is 10.1. The van der Waals surface area contributed by atoms with Crippen LogP contribution >= 0.6 is 23.2 Å². The van der Waals surface area contributed by atoms with E-state index in [1.165, 1.54) is 22.5 Å². The minimum atomic E-state index is -3.65. The number of benzene rings is 2. The first kappa shape index (κ1) is 20.1. The third kappa shape index (κ3) is 4.38. The Bertz CT molecular complexity index is 1080. The first-order valence-electron chi connectivity index (χ1n) is 9.04. The molecule has 0 radical (unpaired) electrons. The van der Waals surface area contributed by atoms with Crippen molar-refractivity contribution in [2.45, 2.75) is 4.90 Å². The highest BCUT2D eigenvalue weighted by atomic mass is 35.5. The highest BCUT2D eigenvalue weighted by Crippen LogP contribution is 2.26. The van der Waals surface area contributed by atoms with E-state index < -0.39 is 10.0 Å². The van der Waals surface area contributed by atoms with Gasteiger partial charge in [-0.15, -0.1) is 10.2 Å². The molecule has 1 aliphatic heterocycles. The molecule has 1 fully saturated rings. The fourth-order valence-corrected chi connectivity index (χ4v) is 5.39. The largest absolute Gasteiger partial charge is 0.352 e. The molecule has 0 amide bonds. The fourth-order valence-electron chi connectivity index (χ4n) is 3.24. The van der Waals surface area contributed by atoms with Crippen LogP contribution in [0, 0.1) is 0 Å². The Morgan fingerprint density at radius 3 is 2.03 bits per heavy atom. The van der Waals surface area contributed by atoms with Crippen LogP contribution in [0.15, 0.2) is 65.6 Å². The maximum absolute atomic E-state index is 12.9. The first-order valence-corrected chi connectivity index (χ1v) is 11.2. The van der Waals surface area contributed by atoms with Gasteiger partial charge in [0.25, 0.3) is 0 Å². The summed E-state index contributed by atoms with van der Waals surface area (Å²) in [5, 5.41) is 9.22. The average Bonchev–Trinajstić information content (AvgIpc) is 2.74. The number of anilines is 1. The molecule has 0 aliphatic carbocycles. The first-order chi connectivity index (χ1) is 13.9. The van der Waals surface area contributed by atoms with Gasteiger partial charge in [0.05, 0.1) is 10.6 Å². The van der Waals surface area contributed by atoms with Gasteiger partial charge in [-0.05, 0) is 30.3 Å². The minimum absolute atomic E-state index is 0.107. The number of hydrogen-bond donors (Lipinski definition) is 0. The molecule has 2 aromatic carbocycles. The van der Waals surface area contributed by atoms with E-state index in [0.29, 0.717) is 36.2 Å². The van der Waals surface area contributed by atoms with E-state index in [4.69, 9.17) is 23.2 Å². The molecule has 2 heterocycles. The van der Waals surface area contributed by atoms with E-state index in [0.717, 1.165) is 17.1 Å². The monoisotopic (exact) mass is 448 g/mol. The Balaban J connectivity index is 1.45. The SMILES string of the molecule is O=S(=O)(c1cc(Cl)cc(Cl)c1)N1CCN(c2ccc(-c3ccccc3)nn2)CC1. The van der Waals surface area contributed by atoms with Crippen molar-refractivity contribution in [2.75, 3.05) is 31.1 Å². The van der Waals surface area contributed by atoms with Gasteiger partial charge >= 0.3 is 0 Å². The third-order valence-corrected chi connectivity index (χ3v) is 7.07. The van der Waals surface area contributed by atoms with Gasteiger partial charge in [-0.3, -0.25) is 0 Å². The van der Waals surface area contributed by atoms with Crippen LogP contribution in [0.5, 0.6) is 0 Å². The lowest BCUT2D eigenvalue weighted by Crippen LogP contribution is -2.49. The lowest BCUT2D eigenvalue weighted by molar-refractivity contribution is 0.383. The summed E-state index contributed by atoms with van der Waals surface area (Å²) in [6.45, 7) is 1.73. The normalized spacial score (nSPS) is 15.4. The van der Waals surface area contributed by atoms with E-state index in [1.54, 1.807) is 0 Å². The summed E-state index contributed by atoms with van der Waals surface area (Å²) in [5.41, 5.74) is 1.80. The zero-order valence-corrected chi connectivity index (χ0v) is 17.7. The van der Waals surface area contributed by atoms with Crippen molar-refractivity contribution >= 4 is 39.0 Å². The number of hydrogen-bond acceptors (Lipinski definition) is 5. The number of sulfonamides is 1. The summed E-state index contributed by atoms with van der Waals surface area (Å²) in [6, 6.07) is 18.0. The average molecular weight is 449 g/mol. The van der Waals surface area contributed by atoms with Crippen molar-refractivity contribution in [3.8, 4) is 11.3 Å². The molecule has 0 saturated carbocycles. The number of halogens is 2. The smallest absolute Gasteiger partial charge is 0.243 e. The molecule has 29 heavy (non-hydrogen) atoms. The molecule has 150 valence electrons. The van der Waals surface area contributed by atoms with E-state index in [1.807, 2.05) is 47.4 Å². The number of rotatable bonds is 4. The third-order valence-electron chi connectivity index (χ3n) is 4.76. The maximum Gasteiger partial charge on any atom is 0.243 e. The van der Waals surface area contributed by atoms with Gasteiger partial charge in [-0.1, -0.05) is 53.5 Å². The molecule has 4 rings (SSSR count). The maximum atomic E-state index is 12.9. The topological polar surface area (TPSA) is 66.4 Å². The van der Waals surface area contributed by atoms with Gasteiger partial charge in [-0.25, -0.2) is 8.42 Å². The summed E-state index contributed by atoms with van der Waals surface area (Å²) in [7, 11) is -3.65.